The number of methoxy groups -OCH3 is 2. The van der Waals surface area contributed by atoms with Gasteiger partial charge in [0.15, 0.2) is 5.17 Å². The molecule has 0 spiro atoms. The highest BCUT2D eigenvalue weighted by atomic mass is 32.2. The number of amidine groups is 1. The van der Waals surface area contributed by atoms with Crippen molar-refractivity contribution in [2.24, 2.45) is 4.99 Å². The van der Waals surface area contributed by atoms with Crippen molar-refractivity contribution in [2.75, 3.05) is 26.1 Å². The highest BCUT2D eigenvalue weighted by Gasteiger charge is 2.36. The van der Waals surface area contributed by atoms with Crippen LogP contribution in [0, 0.1) is 0 Å². The molecule has 1 aliphatic rings. The quantitative estimate of drug-likeness (QED) is 0.415. The maximum Gasteiger partial charge on any atom is 0.238 e. The summed E-state index contributed by atoms with van der Waals surface area (Å²) in [6, 6.07) is 21.9. The third-order valence-corrected chi connectivity index (χ3v) is 6.83. The SMILES string of the molecule is CCOc1cccc(NC(=O)[C@H]2CC(=O)N(Cc3ccc(OC)cc3)C(=Nc3ccc(OC)cc3)S2)c1. The third-order valence-electron chi connectivity index (χ3n) is 5.64. The zero-order valence-corrected chi connectivity index (χ0v) is 21.8. The van der Waals surface area contributed by atoms with Crippen molar-refractivity contribution in [2.45, 2.75) is 25.1 Å². The van der Waals surface area contributed by atoms with Crippen LogP contribution >= 0.6 is 11.8 Å². The summed E-state index contributed by atoms with van der Waals surface area (Å²) in [6.45, 7) is 2.76. The Morgan fingerprint density at radius 2 is 1.68 bits per heavy atom. The topological polar surface area (TPSA) is 89.5 Å². The van der Waals surface area contributed by atoms with Crippen molar-refractivity contribution >= 4 is 40.1 Å². The van der Waals surface area contributed by atoms with E-state index in [2.05, 4.69) is 5.32 Å². The molecule has 1 atom stereocenters. The lowest BCUT2D eigenvalue weighted by atomic mass is 10.2. The molecule has 1 N–H and O–H groups in total. The summed E-state index contributed by atoms with van der Waals surface area (Å²) in [4.78, 5) is 32.8. The van der Waals surface area contributed by atoms with Gasteiger partial charge in [0.25, 0.3) is 0 Å². The van der Waals surface area contributed by atoms with Gasteiger partial charge in [0.05, 0.1) is 33.1 Å². The zero-order valence-electron chi connectivity index (χ0n) is 21.0. The van der Waals surface area contributed by atoms with Gasteiger partial charge in [-0.25, -0.2) is 4.99 Å². The molecule has 3 aromatic rings. The maximum absolute atomic E-state index is 13.3. The van der Waals surface area contributed by atoms with Crippen LogP contribution in [0.15, 0.2) is 77.8 Å². The zero-order chi connectivity index (χ0) is 26.2. The Kier molecular flexibility index (Phi) is 8.68. The molecule has 1 heterocycles. The summed E-state index contributed by atoms with van der Waals surface area (Å²) in [6.07, 6.45) is 0.0550. The Labute approximate surface area is 220 Å². The molecule has 8 nitrogen and oxygen atoms in total. The fourth-order valence-electron chi connectivity index (χ4n) is 3.73. The van der Waals surface area contributed by atoms with Gasteiger partial charge in [0.1, 0.15) is 22.5 Å². The fraction of sp³-hybridized carbons (Fsp3) is 0.250. The van der Waals surface area contributed by atoms with Gasteiger partial charge in [-0.1, -0.05) is 30.0 Å². The van der Waals surface area contributed by atoms with Crippen LogP contribution in [-0.2, 0) is 16.1 Å². The summed E-state index contributed by atoms with van der Waals surface area (Å²) >= 11 is 1.27. The highest BCUT2D eigenvalue weighted by molar-refractivity contribution is 8.15. The van der Waals surface area contributed by atoms with Crippen LogP contribution in [0.2, 0.25) is 0 Å². The van der Waals surface area contributed by atoms with E-state index in [4.69, 9.17) is 19.2 Å². The minimum Gasteiger partial charge on any atom is -0.497 e. The van der Waals surface area contributed by atoms with E-state index in [0.717, 1.165) is 11.3 Å². The monoisotopic (exact) mass is 519 g/mol. The van der Waals surface area contributed by atoms with Crippen LogP contribution < -0.4 is 19.5 Å². The first-order chi connectivity index (χ1) is 18.0. The highest BCUT2D eigenvalue weighted by Crippen LogP contribution is 2.32. The second-order valence-corrected chi connectivity index (χ2v) is 9.35. The minimum atomic E-state index is -0.632. The van der Waals surface area contributed by atoms with Crippen LogP contribution in [0.25, 0.3) is 0 Å². The van der Waals surface area contributed by atoms with Crippen molar-refractivity contribution < 1.29 is 23.8 Å². The number of hydrogen-bond donors (Lipinski definition) is 1. The molecule has 1 saturated heterocycles. The molecule has 0 radical (unpaired) electrons. The van der Waals surface area contributed by atoms with E-state index < -0.39 is 5.25 Å². The number of nitrogens with one attached hydrogen (secondary N) is 1. The lowest BCUT2D eigenvalue weighted by molar-refractivity contribution is -0.129. The van der Waals surface area contributed by atoms with E-state index >= 15 is 0 Å². The number of aliphatic imine (C=N–C) groups is 1. The molecule has 9 heteroatoms. The molecule has 192 valence electrons. The number of rotatable bonds is 9. The molecule has 0 saturated carbocycles. The van der Waals surface area contributed by atoms with Gasteiger partial charge >= 0.3 is 0 Å². The first-order valence-electron chi connectivity index (χ1n) is 11.9. The Morgan fingerprint density at radius 3 is 2.32 bits per heavy atom. The summed E-state index contributed by atoms with van der Waals surface area (Å²) in [7, 11) is 3.21. The van der Waals surface area contributed by atoms with Crippen molar-refractivity contribution in [1.82, 2.24) is 4.90 Å². The molecule has 0 aliphatic carbocycles. The van der Waals surface area contributed by atoms with E-state index in [0.29, 0.717) is 41.2 Å². The largest absolute Gasteiger partial charge is 0.497 e. The minimum absolute atomic E-state index is 0.0550. The van der Waals surface area contributed by atoms with Crippen molar-refractivity contribution in [3.05, 3.63) is 78.4 Å². The molecule has 4 rings (SSSR count). The summed E-state index contributed by atoms with van der Waals surface area (Å²) in [5.41, 5.74) is 2.19. The van der Waals surface area contributed by atoms with Gasteiger partial charge in [0.2, 0.25) is 11.8 Å². The first kappa shape index (κ1) is 26.1. The lowest BCUT2D eigenvalue weighted by Gasteiger charge is -2.32. The smallest absolute Gasteiger partial charge is 0.238 e. The normalized spacial score (nSPS) is 16.4. The van der Waals surface area contributed by atoms with Crippen LogP contribution in [0.4, 0.5) is 11.4 Å². The Hall–Kier alpha value is -3.98. The molecular formula is C28H29N3O5S. The van der Waals surface area contributed by atoms with E-state index in [1.165, 1.54) is 11.8 Å². The number of anilines is 1. The maximum atomic E-state index is 13.3. The number of benzene rings is 3. The molecule has 3 aromatic carbocycles. The molecule has 1 fully saturated rings. The van der Waals surface area contributed by atoms with Gasteiger partial charge in [-0.3, -0.25) is 14.5 Å². The second-order valence-electron chi connectivity index (χ2n) is 8.18. The van der Waals surface area contributed by atoms with E-state index in [9.17, 15) is 9.59 Å². The molecule has 0 unspecified atom stereocenters. The number of carbonyl (C=O) groups excluding carboxylic acids is 2. The van der Waals surface area contributed by atoms with Crippen LogP contribution in [-0.4, -0.2) is 48.0 Å². The van der Waals surface area contributed by atoms with Crippen LogP contribution in [0.1, 0.15) is 18.9 Å². The van der Waals surface area contributed by atoms with E-state index in [-0.39, 0.29) is 18.2 Å². The molecule has 1 aliphatic heterocycles. The molecule has 37 heavy (non-hydrogen) atoms. The molecular weight excluding hydrogens is 490 g/mol. The van der Waals surface area contributed by atoms with Crippen LogP contribution in [0.5, 0.6) is 17.2 Å². The van der Waals surface area contributed by atoms with Gasteiger partial charge in [-0.05, 0) is 61.0 Å². The van der Waals surface area contributed by atoms with Crippen molar-refractivity contribution in [3.8, 4) is 17.2 Å². The number of carbonyl (C=O) groups is 2. The Morgan fingerprint density at radius 1 is 1.00 bits per heavy atom. The number of thioether (sulfide) groups is 1. The predicted octanol–water partition coefficient (Wildman–Crippen LogP) is 5.26. The van der Waals surface area contributed by atoms with Gasteiger partial charge in [-0.15, -0.1) is 0 Å². The molecule has 0 bridgehead atoms. The van der Waals surface area contributed by atoms with Gasteiger partial charge in [-0.2, -0.15) is 0 Å². The third kappa shape index (κ3) is 6.83. The van der Waals surface area contributed by atoms with Crippen LogP contribution in [0.3, 0.4) is 0 Å². The standard InChI is InChI=1S/C28H29N3O5S/c1-4-36-24-7-5-6-21(16-24)29-27(33)25-17-26(32)31(18-19-8-12-22(34-2)13-9-19)28(37-25)30-20-10-14-23(35-3)15-11-20/h5-16,25H,4,17-18H2,1-3H3,(H,29,33)/t25-/m1/s1. The number of amides is 2. The van der Waals surface area contributed by atoms with Crippen molar-refractivity contribution in [3.63, 3.8) is 0 Å². The Bertz CT molecular complexity index is 1260. The summed E-state index contributed by atoms with van der Waals surface area (Å²) in [5.74, 6) is 1.67. The summed E-state index contributed by atoms with van der Waals surface area (Å²) in [5, 5.41) is 2.74. The molecule has 2 amide bonds. The number of hydrogen-bond acceptors (Lipinski definition) is 7. The average molecular weight is 520 g/mol. The fourth-order valence-corrected chi connectivity index (χ4v) is 4.83. The van der Waals surface area contributed by atoms with E-state index in [1.807, 2.05) is 55.5 Å². The number of ether oxygens (including phenoxy) is 3. The second kappa shape index (κ2) is 12.3. The van der Waals surface area contributed by atoms with Gasteiger partial charge in [0, 0.05) is 18.2 Å². The lowest BCUT2D eigenvalue weighted by Crippen LogP contribution is -2.44. The Balaban J connectivity index is 1.57. The van der Waals surface area contributed by atoms with E-state index in [1.54, 1.807) is 43.4 Å². The van der Waals surface area contributed by atoms with Crippen molar-refractivity contribution in [1.29, 1.82) is 0 Å². The number of nitrogens with zero attached hydrogens (tertiary/aromatic N) is 2. The first-order valence-corrected chi connectivity index (χ1v) is 12.7. The van der Waals surface area contributed by atoms with Gasteiger partial charge < -0.3 is 19.5 Å². The summed E-state index contributed by atoms with van der Waals surface area (Å²) < 4.78 is 16.0. The average Bonchev–Trinajstić information content (AvgIpc) is 2.91. The molecule has 0 aromatic heterocycles. The predicted molar refractivity (Wildman–Crippen MR) is 146 cm³/mol.